The molecular formula is C18H29NO2. The lowest BCUT2D eigenvalue weighted by Crippen LogP contribution is -2.60. The summed E-state index contributed by atoms with van der Waals surface area (Å²) in [6.07, 6.45) is 3.15. The summed E-state index contributed by atoms with van der Waals surface area (Å²) >= 11 is 0. The minimum Gasteiger partial charge on any atom is -0.491 e. The van der Waals surface area contributed by atoms with Crippen LogP contribution in [-0.4, -0.2) is 40.3 Å². The van der Waals surface area contributed by atoms with Gasteiger partial charge in [-0.05, 0) is 59.1 Å². The molecule has 1 saturated heterocycles. The maximum Gasteiger partial charge on any atom is 0.119 e. The Morgan fingerprint density at radius 1 is 1.10 bits per heavy atom. The Hall–Kier alpha value is -1.06. The van der Waals surface area contributed by atoms with Gasteiger partial charge in [-0.3, -0.25) is 4.90 Å². The van der Waals surface area contributed by atoms with Crippen LogP contribution < -0.4 is 4.74 Å². The lowest BCUT2D eigenvalue weighted by atomic mass is 9.79. The molecule has 1 unspecified atom stereocenters. The van der Waals surface area contributed by atoms with Gasteiger partial charge in [0.25, 0.3) is 0 Å². The Morgan fingerprint density at radius 2 is 1.67 bits per heavy atom. The van der Waals surface area contributed by atoms with E-state index < -0.39 is 6.10 Å². The molecule has 1 aromatic rings. The van der Waals surface area contributed by atoms with Gasteiger partial charge in [-0.2, -0.15) is 0 Å². The first kappa shape index (κ1) is 16.3. The van der Waals surface area contributed by atoms with E-state index >= 15 is 0 Å². The summed E-state index contributed by atoms with van der Waals surface area (Å²) in [5.74, 6) is 0.814. The van der Waals surface area contributed by atoms with E-state index in [0.29, 0.717) is 13.2 Å². The molecule has 0 radical (unpaired) electrons. The molecule has 2 rings (SSSR count). The van der Waals surface area contributed by atoms with Crippen molar-refractivity contribution in [3.63, 3.8) is 0 Å². The fourth-order valence-corrected chi connectivity index (χ4v) is 3.51. The van der Waals surface area contributed by atoms with Crippen LogP contribution in [0.15, 0.2) is 30.3 Å². The third kappa shape index (κ3) is 4.21. The number of aliphatic hydroxyl groups excluding tert-OH is 1. The fraction of sp³-hybridized carbons (Fsp3) is 0.667. The number of nitrogens with zero attached hydrogens (tertiary/aromatic N) is 1. The molecule has 0 aliphatic carbocycles. The molecule has 1 N–H and O–H groups in total. The van der Waals surface area contributed by atoms with Gasteiger partial charge in [0.2, 0.25) is 0 Å². The number of benzene rings is 1. The second-order valence-corrected chi connectivity index (χ2v) is 7.37. The Balaban J connectivity index is 1.92. The topological polar surface area (TPSA) is 32.7 Å². The van der Waals surface area contributed by atoms with Crippen LogP contribution in [0.4, 0.5) is 0 Å². The molecule has 0 saturated carbocycles. The highest BCUT2D eigenvalue weighted by Crippen LogP contribution is 2.38. The van der Waals surface area contributed by atoms with Gasteiger partial charge in [-0.1, -0.05) is 18.2 Å². The van der Waals surface area contributed by atoms with E-state index in [1.165, 1.54) is 19.3 Å². The van der Waals surface area contributed by atoms with Crippen LogP contribution in [-0.2, 0) is 0 Å². The van der Waals surface area contributed by atoms with Crippen LogP contribution in [0.3, 0.4) is 0 Å². The molecule has 0 amide bonds. The van der Waals surface area contributed by atoms with Crippen molar-refractivity contribution in [3.05, 3.63) is 30.3 Å². The van der Waals surface area contributed by atoms with Crippen LogP contribution in [0.25, 0.3) is 0 Å². The van der Waals surface area contributed by atoms with Crippen molar-refractivity contribution < 1.29 is 9.84 Å². The zero-order chi connectivity index (χ0) is 15.5. The van der Waals surface area contributed by atoms with Crippen molar-refractivity contribution in [2.45, 2.75) is 64.1 Å². The Labute approximate surface area is 128 Å². The van der Waals surface area contributed by atoms with Gasteiger partial charge in [0.1, 0.15) is 18.5 Å². The zero-order valence-electron chi connectivity index (χ0n) is 13.8. The minimum atomic E-state index is -0.471. The van der Waals surface area contributed by atoms with Gasteiger partial charge in [-0.15, -0.1) is 0 Å². The molecule has 1 atom stereocenters. The lowest BCUT2D eigenvalue weighted by molar-refractivity contribution is -0.0606. The molecule has 118 valence electrons. The van der Waals surface area contributed by atoms with Gasteiger partial charge in [0.05, 0.1) is 0 Å². The van der Waals surface area contributed by atoms with E-state index in [-0.39, 0.29) is 11.1 Å². The summed E-state index contributed by atoms with van der Waals surface area (Å²) in [5.41, 5.74) is 0.269. The van der Waals surface area contributed by atoms with Crippen LogP contribution in [0, 0.1) is 0 Å². The van der Waals surface area contributed by atoms with Crippen molar-refractivity contribution in [1.82, 2.24) is 4.90 Å². The number of aliphatic hydroxyl groups is 1. The maximum atomic E-state index is 10.4. The summed E-state index contributed by atoms with van der Waals surface area (Å²) in [6, 6.07) is 9.68. The summed E-state index contributed by atoms with van der Waals surface area (Å²) < 4.78 is 5.67. The number of hydrogen-bond donors (Lipinski definition) is 1. The SMILES string of the molecule is CC1(C)CCCC(C)(C)N1CC(O)COc1ccccc1. The second kappa shape index (κ2) is 6.37. The molecule has 1 aliphatic heterocycles. The molecule has 1 fully saturated rings. The standard InChI is InChI=1S/C18H29NO2/c1-17(2)11-8-12-18(3,4)19(17)13-15(20)14-21-16-9-6-5-7-10-16/h5-7,9-10,15,20H,8,11-14H2,1-4H3. The zero-order valence-corrected chi connectivity index (χ0v) is 13.8. The number of para-hydroxylation sites is 1. The van der Waals surface area contributed by atoms with Crippen molar-refractivity contribution in [2.24, 2.45) is 0 Å². The first-order chi connectivity index (χ1) is 9.81. The van der Waals surface area contributed by atoms with Crippen LogP contribution in [0.5, 0.6) is 5.75 Å². The molecular weight excluding hydrogens is 262 g/mol. The Bertz CT molecular complexity index is 426. The van der Waals surface area contributed by atoms with Crippen molar-refractivity contribution in [3.8, 4) is 5.75 Å². The summed E-state index contributed by atoms with van der Waals surface area (Å²) in [7, 11) is 0. The lowest BCUT2D eigenvalue weighted by Gasteiger charge is -2.53. The minimum absolute atomic E-state index is 0.134. The van der Waals surface area contributed by atoms with Crippen molar-refractivity contribution >= 4 is 0 Å². The highest BCUT2D eigenvalue weighted by atomic mass is 16.5. The first-order valence-corrected chi connectivity index (χ1v) is 7.95. The molecule has 1 aliphatic rings. The normalized spacial score (nSPS) is 22.7. The average molecular weight is 291 g/mol. The highest BCUT2D eigenvalue weighted by Gasteiger charge is 2.41. The number of hydrogen-bond acceptors (Lipinski definition) is 3. The van der Waals surface area contributed by atoms with Crippen LogP contribution in [0.2, 0.25) is 0 Å². The number of likely N-dealkylation sites (tertiary alicyclic amines) is 1. The molecule has 0 aromatic heterocycles. The maximum absolute atomic E-state index is 10.4. The number of β-amino-alcohol motifs (C(OH)–C–C–N with tert-alkyl or cyclic N) is 1. The highest BCUT2D eigenvalue weighted by molar-refractivity contribution is 5.20. The number of ether oxygens (including phenoxy) is 1. The second-order valence-electron chi connectivity index (χ2n) is 7.37. The van der Waals surface area contributed by atoms with Crippen LogP contribution in [0.1, 0.15) is 47.0 Å². The Kier molecular flexibility index (Phi) is 4.95. The number of rotatable bonds is 5. The van der Waals surface area contributed by atoms with E-state index in [9.17, 15) is 5.11 Å². The fourth-order valence-electron chi connectivity index (χ4n) is 3.51. The van der Waals surface area contributed by atoms with Gasteiger partial charge in [0.15, 0.2) is 0 Å². The molecule has 3 heteroatoms. The third-order valence-corrected chi connectivity index (χ3v) is 4.62. The molecule has 0 bridgehead atoms. The van der Waals surface area contributed by atoms with Crippen molar-refractivity contribution in [2.75, 3.05) is 13.2 Å². The van der Waals surface area contributed by atoms with E-state index in [0.717, 1.165) is 5.75 Å². The smallest absolute Gasteiger partial charge is 0.119 e. The van der Waals surface area contributed by atoms with E-state index in [2.05, 4.69) is 32.6 Å². The van der Waals surface area contributed by atoms with E-state index in [1.54, 1.807) is 0 Å². The molecule has 1 aromatic carbocycles. The third-order valence-electron chi connectivity index (χ3n) is 4.62. The van der Waals surface area contributed by atoms with Gasteiger partial charge in [0, 0.05) is 17.6 Å². The average Bonchev–Trinajstić information content (AvgIpc) is 2.41. The molecule has 21 heavy (non-hydrogen) atoms. The predicted molar refractivity (Wildman–Crippen MR) is 86.7 cm³/mol. The largest absolute Gasteiger partial charge is 0.491 e. The quantitative estimate of drug-likeness (QED) is 0.901. The molecule has 0 spiro atoms. The first-order valence-electron chi connectivity index (χ1n) is 7.95. The predicted octanol–water partition coefficient (Wildman–Crippen LogP) is 3.47. The van der Waals surface area contributed by atoms with Gasteiger partial charge >= 0.3 is 0 Å². The molecule has 3 nitrogen and oxygen atoms in total. The summed E-state index contributed by atoms with van der Waals surface area (Å²) in [5, 5.41) is 10.4. The molecule has 1 heterocycles. The van der Waals surface area contributed by atoms with Gasteiger partial charge in [-0.25, -0.2) is 0 Å². The summed E-state index contributed by atoms with van der Waals surface area (Å²) in [6.45, 7) is 10.1. The van der Waals surface area contributed by atoms with Crippen molar-refractivity contribution in [1.29, 1.82) is 0 Å². The monoisotopic (exact) mass is 291 g/mol. The van der Waals surface area contributed by atoms with E-state index in [1.807, 2.05) is 30.3 Å². The Morgan fingerprint density at radius 3 is 2.24 bits per heavy atom. The van der Waals surface area contributed by atoms with E-state index in [4.69, 9.17) is 4.74 Å². The van der Waals surface area contributed by atoms with Gasteiger partial charge < -0.3 is 9.84 Å². The van der Waals surface area contributed by atoms with Crippen LogP contribution >= 0.6 is 0 Å². The summed E-state index contributed by atoms with van der Waals surface area (Å²) in [4.78, 5) is 2.45. The number of piperidine rings is 1.